The number of hydrogen-bond acceptors (Lipinski definition) is 6. The zero-order valence-electron chi connectivity index (χ0n) is 12.1. The number of anilines is 2. The third-order valence-electron chi connectivity index (χ3n) is 2.95. The molecule has 0 saturated heterocycles. The highest BCUT2D eigenvalue weighted by atomic mass is 32.2. The van der Waals surface area contributed by atoms with Crippen molar-refractivity contribution in [2.45, 2.75) is 11.6 Å². The normalized spacial score (nSPS) is 10.5. The van der Waals surface area contributed by atoms with E-state index in [2.05, 4.69) is 15.3 Å². The number of hydrogen-bond donors (Lipinski definition) is 4. The molecule has 0 saturated carbocycles. The highest BCUT2D eigenvalue weighted by Gasteiger charge is 2.08. The fourth-order valence-corrected chi connectivity index (χ4v) is 2.43. The van der Waals surface area contributed by atoms with Gasteiger partial charge in [0.1, 0.15) is 11.5 Å². The molecule has 2 aromatic rings. The van der Waals surface area contributed by atoms with Gasteiger partial charge in [-0.2, -0.15) is 0 Å². The van der Waals surface area contributed by atoms with Gasteiger partial charge in [0.2, 0.25) is 5.91 Å². The van der Waals surface area contributed by atoms with E-state index in [1.165, 1.54) is 12.1 Å². The molecule has 1 aromatic carbocycles. The van der Waals surface area contributed by atoms with Gasteiger partial charge in [-0.25, -0.2) is 9.37 Å². The summed E-state index contributed by atoms with van der Waals surface area (Å²) >= 11 is 1.05. The number of H-pyrrole nitrogens is 1. The summed E-state index contributed by atoms with van der Waals surface area (Å²) < 4.78 is 12.8. The first kappa shape index (κ1) is 16.8. The number of aromatic nitrogens is 2. The lowest BCUT2D eigenvalue weighted by atomic mass is 10.1. The van der Waals surface area contributed by atoms with E-state index in [4.69, 9.17) is 11.5 Å². The maximum absolute atomic E-state index is 12.8. The molecule has 9 heteroatoms. The van der Waals surface area contributed by atoms with Gasteiger partial charge in [-0.15, -0.1) is 0 Å². The molecule has 7 nitrogen and oxygen atoms in total. The minimum absolute atomic E-state index is 0.0621. The Morgan fingerprint density at radius 1 is 1.30 bits per heavy atom. The van der Waals surface area contributed by atoms with Crippen LogP contribution >= 0.6 is 11.8 Å². The van der Waals surface area contributed by atoms with E-state index in [-0.39, 0.29) is 34.1 Å². The maximum Gasteiger partial charge on any atom is 0.276 e. The number of benzene rings is 1. The molecule has 0 radical (unpaired) electrons. The first-order valence-electron chi connectivity index (χ1n) is 6.75. The summed E-state index contributed by atoms with van der Waals surface area (Å²) in [5, 5.41) is 2.96. The molecule has 0 bridgehead atoms. The van der Waals surface area contributed by atoms with E-state index in [0.717, 1.165) is 17.3 Å². The first-order valence-corrected chi connectivity index (χ1v) is 7.73. The molecule has 0 aliphatic heterocycles. The van der Waals surface area contributed by atoms with Gasteiger partial charge in [-0.05, 0) is 24.1 Å². The predicted octanol–water partition coefficient (Wildman–Crippen LogP) is 0.524. The second-order valence-corrected chi connectivity index (χ2v) is 5.65. The molecule has 0 atom stereocenters. The van der Waals surface area contributed by atoms with Crippen LogP contribution in [0.25, 0.3) is 0 Å². The number of nitrogen functional groups attached to an aromatic ring is 2. The van der Waals surface area contributed by atoms with E-state index in [0.29, 0.717) is 13.0 Å². The van der Waals surface area contributed by atoms with E-state index >= 15 is 0 Å². The van der Waals surface area contributed by atoms with Crippen LogP contribution in [0.5, 0.6) is 0 Å². The summed E-state index contributed by atoms with van der Waals surface area (Å²) in [6, 6.07) is 6.09. The van der Waals surface area contributed by atoms with Crippen LogP contribution in [0.2, 0.25) is 0 Å². The fraction of sp³-hybridized carbons (Fsp3) is 0.214. The minimum Gasteiger partial charge on any atom is -0.391 e. The van der Waals surface area contributed by atoms with Crippen LogP contribution in [0.1, 0.15) is 5.56 Å². The number of rotatable bonds is 6. The average Bonchev–Trinajstić information content (AvgIpc) is 2.52. The molecule has 0 spiro atoms. The van der Waals surface area contributed by atoms with Gasteiger partial charge in [-0.1, -0.05) is 23.9 Å². The molecule has 1 amide bonds. The Morgan fingerprint density at radius 2 is 2.00 bits per heavy atom. The van der Waals surface area contributed by atoms with Crippen LogP contribution in [0.15, 0.2) is 34.2 Å². The second kappa shape index (κ2) is 7.63. The lowest BCUT2D eigenvalue weighted by Crippen LogP contribution is -2.27. The highest BCUT2D eigenvalue weighted by Crippen LogP contribution is 2.14. The van der Waals surface area contributed by atoms with Crippen molar-refractivity contribution in [3.8, 4) is 0 Å². The van der Waals surface area contributed by atoms with Gasteiger partial charge in [0.05, 0.1) is 5.75 Å². The Hall–Kier alpha value is -2.55. The monoisotopic (exact) mass is 337 g/mol. The Kier molecular flexibility index (Phi) is 5.58. The Morgan fingerprint density at radius 3 is 2.65 bits per heavy atom. The molecule has 2 rings (SSSR count). The average molecular weight is 337 g/mol. The van der Waals surface area contributed by atoms with Crippen molar-refractivity contribution in [3.05, 3.63) is 46.0 Å². The molecule has 1 heterocycles. The molecule has 0 unspecified atom stereocenters. The van der Waals surface area contributed by atoms with E-state index in [1.807, 2.05) is 0 Å². The van der Waals surface area contributed by atoms with Crippen LogP contribution < -0.4 is 22.3 Å². The van der Waals surface area contributed by atoms with Gasteiger partial charge in [-0.3, -0.25) is 14.6 Å². The number of carbonyl (C=O) groups is 1. The van der Waals surface area contributed by atoms with Crippen LogP contribution in [-0.2, 0) is 11.2 Å². The van der Waals surface area contributed by atoms with E-state index in [1.54, 1.807) is 12.1 Å². The number of thioether (sulfide) groups is 1. The lowest BCUT2D eigenvalue weighted by Gasteiger charge is -2.06. The number of halogens is 1. The van der Waals surface area contributed by atoms with Gasteiger partial charge in [0, 0.05) is 6.54 Å². The number of amides is 1. The molecular weight excluding hydrogens is 321 g/mol. The van der Waals surface area contributed by atoms with Crippen molar-refractivity contribution in [2.24, 2.45) is 0 Å². The van der Waals surface area contributed by atoms with Gasteiger partial charge in [0.15, 0.2) is 11.0 Å². The van der Waals surface area contributed by atoms with Crippen molar-refractivity contribution < 1.29 is 9.18 Å². The number of aromatic amines is 1. The molecule has 0 aliphatic rings. The second-order valence-electron chi connectivity index (χ2n) is 4.69. The van der Waals surface area contributed by atoms with Gasteiger partial charge in [0.25, 0.3) is 5.56 Å². The van der Waals surface area contributed by atoms with Crippen molar-refractivity contribution in [3.63, 3.8) is 0 Å². The molecule has 0 fully saturated rings. The molecule has 122 valence electrons. The third-order valence-corrected chi connectivity index (χ3v) is 3.83. The van der Waals surface area contributed by atoms with Gasteiger partial charge >= 0.3 is 0 Å². The molecular formula is C14H16FN5O2S. The topological polar surface area (TPSA) is 127 Å². The van der Waals surface area contributed by atoms with Crippen LogP contribution in [0, 0.1) is 5.82 Å². The molecule has 6 N–H and O–H groups in total. The predicted molar refractivity (Wildman–Crippen MR) is 87.5 cm³/mol. The van der Waals surface area contributed by atoms with Crippen LogP contribution in [-0.4, -0.2) is 28.2 Å². The van der Waals surface area contributed by atoms with Crippen LogP contribution in [0.3, 0.4) is 0 Å². The smallest absolute Gasteiger partial charge is 0.276 e. The summed E-state index contributed by atoms with van der Waals surface area (Å²) in [4.78, 5) is 29.5. The summed E-state index contributed by atoms with van der Waals surface area (Å²) in [5.41, 5.74) is 11.1. The third kappa shape index (κ3) is 4.99. The zero-order valence-corrected chi connectivity index (χ0v) is 13.0. The highest BCUT2D eigenvalue weighted by molar-refractivity contribution is 7.99. The fourth-order valence-electron chi connectivity index (χ4n) is 1.73. The van der Waals surface area contributed by atoms with Crippen molar-refractivity contribution in [1.29, 1.82) is 0 Å². The lowest BCUT2D eigenvalue weighted by molar-refractivity contribution is -0.118. The maximum atomic E-state index is 12.8. The summed E-state index contributed by atoms with van der Waals surface area (Å²) in [5.74, 6) is -0.489. The minimum atomic E-state index is -0.531. The summed E-state index contributed by atoms with van der Waals surface area (Å²) in [6.45, 7) is 0.429. The first-order chi connectivity index (χ1) is 11.0. The van der Waals surface area contributed by atoms with E-state index < -0.39 is 5.56 Å². The summed E-state index contributed by atoms with van der Waals surface area (Å²) in [7, 11) is 0. The standard InChI is InChI=1S/C14H16FN5O2S/c15-9-3-1-8(2-4-9)5-6-18-10(21)7-23-14-19-12(17)11(16)13(22)20-14/h1-4H,5-7,16H2,(H,18,21)(H3,17,19,20,22). The number of nitrogens with zero attached hydrogens (tertiary/aromatic N) is 1. The number of nitrogens with one attached hydrogen (secondary N) is 2. The SMILES string of the molecule is Nc1nc(SCC(=O)NCCc2ccc(F)cc2)[nH]c(=O)c1N. The zero-order chi connectivity index (χ0) is 16.8. The largest absolute Gasteiger partial charge is 0.391 e. The quantitative estimate of drug-likeness (QED) is 0.450. The van der Waals surface area contributed by atoms with Gasteiger partial charge < -0.3 is 16.8 Å². The molecule has 23 heavy (non-hydrogen) atoms. The van der Waals surface area contributed by atoms with Crippen molar-refractivity contribution in [2.75, 3.05) is 23.8 Å². The van der Waals surface area contributed by atoms with Crippen LogP contribution in [0.4, 0.5) is 15.9 Å². The number of nitrogens with two attached hydrogens (primary N) is 2. The van der Waals surface area contributed by atoms with Crippen molar-refractivity contribution >= 4 is 29.2 Å². The Balaban J connectivity index is 1.77. The molecule has 0 aliphatic carbocycles. The Labute approximate surface area is 135 Å². The molecule has 1 aromatic heterocycles. The summed E-state index contributed by atoms with van der Waals surface area (Å²) in [6.07, 6.45) is 0.598. The number of carbonyl (C=O) groups excluding carboxylic acids is 1. The van der Waals surface area contributed by atoms with E-state index in [9.17, 15) is 14.0 Å². The Bertz CT molecular complexity index is 748. The van der Waals surface area contributed by atoms with Crippen molar-refractivity contribution in [1.82, 2.24) is 15.3 Å².